The van der Waals surface area contributed by atoms with Gasteiger partial charge in [-0.05, 0) is 41.9 Å². The molecule has 1 aromatic carbocycles. The highest BCUT2D eigenvalue weighted by Gasteiger charge is 2.22. The molecule has 124 valence electrons. The molecule has 0 saturated heterocycles. The number of nitrogens with zero attached hydrogens (tertiary/aromatic N) is 1. The fourth-order valence-corrected chi connectivity index (χ4v) is 4.44. The van der Waals surface area contributed by atoms with Crippen LogP contribution in [0.5, 0.6) is 0 Å². The summed E-state index contributed by atoms with van der Waals surface area (Å²) in [4.78, 5) is 4.16. The lowest BCUT2D eigenvalue weighted by molar-refractivity contribution is 0.598. The zero-order chi connectivity index (χ0) is 16.6. The molecule has 3 N–H and O–H groups in total. The Hall–Kier alpha value is -1.44. The van der Waals surface area contributed by atoms with Crippen LogP contribution < -0.4 is 10.5 Å². The molecule has 0 bridgehead atoms. The van der Waals surface area contributed by atoms with E-state index in [1.807, 2.05) is 0 Å². The third-order valence-corrected chi connectivity index (χ3v) is 6.55. The van der Waals surface area contributed by atoms with E-state index in [0.717, 1.165) is 30.6 Å². The van der Waals surface area contributed by atoms with Crippen LogP contribution in [0.4, 0.5) is 5.13 Å². The van der Waals surface area contributed by atoms with E-state index in [-0.39, 0.29) is 10.3 Å². The molecule has 0 saturated carbocycles. The number of aryl methyl sites for hydroxylation is 1. The lowest BCUT2D eigenvalue weighted by Gasteiger charge is -2.27. The summed E-state index contributed by atoms with van der Waals surface area (Å²) in [7, 11) is -3.69. The molecule has 0 unspecified atom stereocenters. The second kappa shape index (κ2) is 6.22. The molecule has 3 rings (SSSR count). The molecule has 0 radical (unpaired) electrons. The minimum absolute atomic E-state index is 0.0898. The summed E-state index contributed by atoms with van der Waals surface area (Å²) in [6, 6.07) is 6.85. The zero-order valence-electron chi connectivity index (χ0n) is 13.2. The highest BCUT2D eigenvalue weighted by molar-refractivity contribution is 7.91. The van der Waals surface area contributed by atoms with E-state index in [4.69, 9.17) is 5.14 Å². The first-order valence-electron chi connectivity index (χ1n) is 7.72. The third-order valence-electron chi connectivity index (χ3n) is 4.21. The number of benzene rings is 1. The molecule has 7 heteroatoms. The van der Waals surface area contributed by atoms with Crippen molar-refractivity contribution >= 4 is 26.5 Å². The minimum Gasteiger partial charge on any atom is -0.355 e. The quantitative estimate of drug-likeness (QED) is 0.884. The molecule has 5 nitrogen and oxygen atoms in total. The van der Waals surface area contributed by atoms with Crippen LogP contribution in [-0.2, 0) is 16.4 Å². The van der Waals surface area contributed by atoms with Crippen molar-refractivity contribution in [2.75, 3.05) is 5.32 Å². The van der Waals surface area contributed by atoms with Gasteiger partial charge in [0, 0.05) is 0 Å². The van der Waals surface area contributed by atoms with Crippen LogP contribution in [0.25, 0.3) is 0 Å². The second-order valence-electron chi connectivity index (χ2n) is 6.23. The molecule has 0 spiro atoms. The molecule has 1 aliphatic rings. The molecule has 1 atom stereocenters. The number of fused-ring (bicyclic) bond motifs is 1. The fraction of sp³-hybridized carbons (Fsp3) is 0.438. The fourth-order valence-electron chi connectivity index (χ4n) is 2.93. The Bertz CT molecular complexity index is 812. The summed E-state index contributed by atoms with van der Waals surface area (Å²) < 4.78 is 22.8. The number of primary sulfonamides is 1. The maximum absolute atomic E-state index is 11.4. The van der Waals surface area contributed by atoms with Crippen LogP contribution >= 0.6 is 11.3 Å². The highest BCUT2D eigenvalue weighted by atomic mass is 32.2. The van der Waals surface area contributed by atoms with Crippen LogP contribution in [0.1, 0.15) is 55.3 Å². The summed E-state index contributed by atoms with van der Waals surface area (Å²) in [5, 5.41) is 9.13. The Morgan fingerprint density at radius 1 is 1.39 bits per heavy atom. The summed E-state index contributed by atoms with van der Waals surface area (Å²) in [5.41, 5.74) is 3.98. The molecule has 1 aliphatic carbocycles. The van der Waals surface area contributed by atoms with Crippen molar-refractivity contribution in [3.05, 3.63) is 41.1 Å². The highest BCUT2D eigenvalue weighted by Crippen LogP contribution is 2.35. The van der Waals surface area contributed by atoms with Crippen LogP contribution in [0.3, 0.4) is 0 Å². The van der Waals surface area contributed by atoms with Gasteiger partial charge in [-0.25, -0.2) is 18.5 Å². The van der Waals surface area contributed by atoms with Gasteiger partial charge in [-0.2, -0.15) is 0 Å². The van der Waals surface area contributed by atoms with Gasteiger partial charge in [0.2, 0.25) is 10.0 Å². The monoisotopic (exact) mass is 351 g/mol. The normalized spacial score (nSPS) is 18.0. The van der Waals surface area contributed by atoms with Gasteiger partial charge in [-0.3, -0.25) is 0 Å². The Morgan fingerprint density at radius 3 is 2.83 bits per heavy atom. The molecule has 2 aromatic rings. The molecule has 0 aliphatic heterocycles. The van der Waals surface area contributed by atoms with Crippen molar-refractivity contribution in [1.82, 2.24) is 4.98 Å². The van der Waals surface area contributed by atoms with Crippen LogP contribution in [-0.4, -0.2) is 13.4 Å². The van der Waals surface area contributed by atoms with Gasteiger partial charge >= 0.3 is 0 Å². The number of nitrogens with one attached hydrogen (secondary N) is 1. The average Bonchev–Trinajstić information content (AvgIpc) is 2.96. The number of thiazole rings is 1. The molecular weight excluding hydrogens is 330 g/mol. The van der Waals surface area contributed by atoms with Gasteiger partial charge in [-0.15, -0.1) is 0 Å². The third kappa shape index (κ3) is 3.57. The molecule has 1 aromatic heterocycles. The van der Waals surface area contributed by atoms with E-state index in [1.165, 1.54) is 22.9 Å². The largest absolute Gasteiger partial charge is 0.355 e. The van der Waals surface area contributed by atoms with Crippen molar-refractivity contribution < 1.29 is 8.42 Å². The van der Waals surface area contributed by atoms with E-state index >= 15 is 0 Å². The molecule has 1 heterocycles. The molecule has 23 heavy (non-hydrogen) atoms. The lowest BCUT2D eigenvalue weighted by atomic mass is 9.85. The standard InChI is InChI=1S/C16H21N3O2S2/c1-10(2)12-7-6-11-4-3-5-14(13(11)8-12)19-16-18-9-15(22-16)23(17,20)21/h6-10,14H,3-5H2,1-2H3,(H,18,19)(H2,17,20,21)/t14-/m1/s1. The van der Waals surface area contributed by atoms with E-state index in [2.05, 4.69) is 42.3 Å². The van der Waals surface area contributed by atoms with Crippen molar-refractivity contribution in [3.63, 3.8) is 0 Å². The number of nitrogens with two attached hydrogens (primary N) is 1. The summed E-state index contributed by atoms with van der Waals surface area (Å²) in [5.74, 6) is 0.483. The smallest absolute Gasteiger partial charge is 0.249 e. The molecule has 0 fully saturated rings. The van der Waals surface area contributed by atoms with Gasteiger partial charge in [0.25, 0.3) is 0 Å². The first kappa shape index (κ1) is 16.4. The van der Waals surface area contributed by atoms with E-state index in [9.17, 15) is 8.42 Å². The maximum atomic E-state index is 11.4. The number of sulfonamides is 1. The second-order valence-corrected chi connectivity index (χ2v) is 9.05. The number of aromatic nitrogens is 1. The number of anilines is 1. The number of hydrogen-bond acceptors (Lipinski definition) is 5. The Morgan fingerprint density at radius 2 is 2.17 bits per heavy atom. The maximum Gasteiger partial charge on any atom is 0.249 e. The first-order chi connectivity index (χ1) is 10.8. The van der Waals surface area contributed by atoms with Crippen LogP contribution in [0, 0.1) is 0 Å². The zero-order valence-corrected chi connectivity index (χ0v) is 14.9. The average molecular weight is 351 g/mol. The van der Waals surface area contributed by atoms with Crippen molar-refractivity contribution in [2.45, 2.75) is 49.3 Å². The van der Waals surface area contributed by atoms with Crippen LogP contribution in [0.15, 0.2) is 28.6 Å². The predicted octanol–water partition coefficient (Wildman–Crippen LogP) is 3.40. The van der Waals surface area contributed by atoms with Crippen molar-refractivity contribution in [2.24, 2.45) is 5.14 Å². The van der Waals surface area contributed by atoms with Crippen molar-refractivity contribution in [1.29, 1.82) is 0 Å². The van der Waals surface area contributed by atoms with E-state index in [0.29, 0.717) is 11.0 Å². The SMILES string of the molecule is CC(C)c1ccc2c(c1)[C@H](Nc1ncc(S(N)(=O)=O)s1)CCC2. The van der Waals surface area contributed by atoms with Crippen LogP contribution in [0.2, 0.25) is 0 Å². The minimum atomic E-state index is -3.69. The Kier molecular flexibility index (Phi) is 4.44. The Labute approximate surface area is 141 Å². The Balaban J connectivity index is 1.88. The summed E-state index contributed by atoms with van der Waals surface area (Å²) in [6.07, 6.45) is 4.53. The first-order valence-corrected chi connectivity index (χ1v) is 10.1. The van der Waals surface area contributed by atoms with Gasteiger partial charge in [0.05, 0.1) is 12.2 Å². The van der Waals surface area contributed by atoms with Gasteiger partial charge in [-0.1, -0.05) is 43.4 Å². The molecule has 0 amide bonds. The van der Waals surface area contributed by atoms with Gasteiger partial charge < -0.3 is 5.32 Å². The van der Waals surface area contributed by atoms with Gasteiger partial charge in [0.1, 0.15) is 0 Å². The molecular formula is C16H21N3O2S2. The van der Waals surface area contributed by atoms with E-state index in [1.54, 1.807) is 0 Å². The summed E-state index contributed by atoms with van der Waals surface area (Å²) >= 11 is 1.08. The number of hydrogen-bond donors (Lipinski definition) is 2. The topological polar surface area (TPSA) is 85.1 Å². The number of rotatable bonds is 4. The summed E-state index contributed by atoms with van der Waals surface area (Å²) in [6.45, 7) is 4.37. The lowest BCUT2D eigenvalue weighted by Crippen LogP contribution is -2.17. The van der Waals surface area contributed by atoms with Crippen molar-refractivity contribution in [3.8, 4) is 0 Å². The van der Waals surface area contributed by atoms with E-state index < -0.39 is 10.0 Å². The predicted molar refractivity (Wildman–Crippen MR) is 93.3 cm³/mol. The van der Waals surface area contributed by atoms with Gasteiger partial charge in [0.15, 0.2) is 9.34 Å².